The summed E-state index contributed by atoms with van der Waals surface area (Å²) in [7, 11) is 0. The van der Waals surface area contributed by atoms with Crippen LogP contribution in [0.4, 0.5) is 10.1 Å². The van der Waals surface area contributed by atoms with Gasteiger partial charge in [-0.25, -0.2) is 19.3 Å². The van der Waals surface area contributed by atoms with E-state index in [1.807, 2.05) is 0 Å². The third-order valence-electron chi connectivity index (χ3n) is 3.91. The van der Waals surface area contributed by atoms with Gasteiger partial charge in [0.25, 0.3) is 5.91 Å². The highest BCUT2D eigenvalue weighted by Crippen LogP contribution is 2.23. The lowest BCUT2D eigenvalue weighted by Crippen LogP contribution is -2.12. The van der Waals surface area contributed by atoms with Crippen molar-refractivity contribution in [3.05, 3.63) is 90.0 Å². The van der Waals surface area contributed by atoms with Crippen LogP contribution in [0, 0.1) is 5.82 Å². The molecule has 0 unspecified atom stereocenters. The van der Waals surface area contributed by atoms with Gasteiger partial charge in [-0.05, 0) is 42.5 Å². The van der Waals surface area contributed by atoms with Crippen LogP contribution in [0.3, 0.4) is 0 Å². The van der Waals surface area contributed by atoms with Crippen LogP contribution >= 0.6 is 11.6 Å². The molecule has 4 rings (SSSR count). The molecule has 0 saturated heterocycles. The first kappa shape index (κ1) is 18.6. The zero-order valence-electron chi connectivity index (χ0n) is 14.8. The van der Waals surface area contributed by atoms with Gasteiger partial charge in [-0.15, -0.1) is 0 Å². The average Bonchev–Trinajstić information content (AvgIpc) is 3.24. The van der Waals surface area contributed by atoms with Gasteiger partial charge in [0.15, 0.2) is 0 Å². The second-order valence-corrected chi connectivity index (χ2v) is 6.30. The van der Waals surface area contributed by atoms with E-state index in [-0.39, 0.29) is 10.6 Å². The molecule has 2 aromatic carbocycles. The van der Waals surface area contributed by atoms with Crippen molar-refractivity contribution < 1.29 is 13.9 Å². The number of carbonyl (C=O) groups excluding carboxylic acids is 1. The van der Waals surface area contributed by atoms with Gasteiger partial charge in [0, 0.05) is 24.1 Å². The van der Waals surface area contributed by atoms with E-state index in [9.17, 15) is 9.18 Å². The van der Waals surface area contributed by atoms with Crippen LogP contribution in [-0.2, 0) is 0 Å². The second-order valence-electron chi connectivity index (χ2n) is 5.89. The maximum Gasteiger partial charge on any atom is 0.257 e. The smallest absolute Gasteiger partial charge is 0.257 e. The number of imidazole rings is 1. The van der Waals surface area contributed by atoms with Gasteiger partial charge in [-0.3, -0.25) is 9.36 Å². The lowest BCUT2D eigenvalue weighted by molar-refractivity contribution is 0.102. The van der Waals surface area contributed by atoms with E-state index >= 15 is 0 Å². The van der Waals surface area contributed by atoms with Crippen molar-refractivity contribution in [1.82, 2.24) is 19.5 Å². The Morgan fingerprint density at radius 3 is 2.66 bits per heavy atom. The predicted molar refractivity (Wildman–Crippen MR) is 105 cm³/mol. The molecule has 7 nitrogen and oxygen atoms in total. The third kappa shape index (κ3) is 4.39. The van der Waals surface area contributed by atoms with Crippen molar-refractivity contribution in [3.63, 3.8) is 0 Å². The molecule has 144 valence electrons. The van der Waals surface area contributed by atoms with Crippen molar-refractivity contribution >= 4 is 23.2 Å². The molecule has 0 spiro atoms. The number of ether oxygens (including phenoxy) is 1. The molecule has 0 aliphatic carbocycles. The van der Waals surface area contributed by atoms with Gasteiger partial charge in [0.05, 0.1) is 10.6 Å². The van der Waals surface area contributed by atoms with Crippen LogP contribution in [0.1, 0.15) is 10.4 Å². The summed E-state index contributed by atoms with van der Waals surface area (Å²) >= 11 is 5.92. The van der Waals surface area contributed by atoms with Gasteiger partial charge in [-0.1, -0.05) is 11.6 Å². The fraction of sp³-hybridized carbons (Fsp3) is 0. The highest BCUT2D eigenvalue weighted by Gasteiger charge is 2.11. The van der Waals surface area contributed by atoms with Crippen molar-refractivity contribution in [2.24, 2.45) is 0 Å². The Balaban J connectivity index is 1.44. The van der Waals surface area contributed by atoms with Crippen LogP contribution in [0.5, 0.6) is 11.6 Å². The van der Waals surface area contributed by atoms with E-state index in [0.29, 0.717) is 23.1 Å². The SMILES string of the molecule is O=C(Nc1ccc(Oc2cc(-n3ccnc3)ncn2)cc1)c1ccc(F)cc1Cl. The van der Waals surface area contributed by atoms with Gasteiger partial charge < -0.3 is 10.1 Å². The maximum absolute atomic E-state index is 13.1. The predicted octanol–water partition coefficient (Wildman–Crippen LogP) is 4.50. The van der Waals surface area contributed by atoms with E-state index in [2.05, 4.69) is 20.3 Å². The zero-order valence-corrected chi connectivity index (χ0v) is 15.5. The van der Waals surface area contributed by atoms with Crippen molar-refractivity contribution in [3.8, 4) is 17.4 Å². The number of benzene rings is 2. The number of halogens is 2. The number of nitrogens with zero attached hydrogens (tertiary/aromatic N) is 4. The first-order valence-electron chi connectivity index (χ1n) is 8.43. The number of anilines is 1. The summed E-state index contributed by atoms with van der Waals surface area (Å²) in [5.74, 6) is 0.558. The molecule has 0 bridgehead atoms. The lowest BCUT2D eigenvalue weighted by atomic mass is 10.2. The Morgan fingerprint density at radius 1 is 1.10 bits per heavy atom. The second kappa shape index (κ2) is 8.07. The van der Waals surface area contributed by atoms with E-state index in [4.69, 9.17) is 16.3 Å². The fourth-order valence-corrected chi connectivity index (χ4v) is 2.77. The first-order valence-corrected chi connectivity index (χ1v) is 8.81. The van der Waals surface area contributed by atoms with E-state index in [1.54, 1.807) is 53.6 Å². The Hall–Kier alpha value is -3.78. The molecule has 2 aromatic heterocycles. The first-order chi connectivity index (χ1) is 14.1. The number of rotatable bonds is 5. The molecular weight excluding hydrogens is 397 g/mol. The fourth-order valence-electron chi connectivity index (χ4n) is 2.52. The van der Waals surface area contributed by atoms with Gasteiger partial charge in [0.2, 0.25) is 5.88 Å². The molecule has 2 heterocycles. The van der Waals surface area contributed by atoms with Gasteiger partial charge in [0.1, 0.15) is 30.0 Å². The summed E-state index contributed by atoms with van der Waals surface area (Å²) in [5, 5.41) is 2.74. The van der Waals surface area contributed by atoms with Crippen LogP contribution < -0.4 is 10.1 Å². The summed E-state index contributed by atoms with van der Waals surface area (Å²) in [6.07, 6.45) is 6.43. The summed E-state index contributed by atoms with van der Waals surface area (Å²) in [6.45, 7) is 0. The van der Waals surface area contributed by atoms with Crippen LogP contribution in [-0.4, -0.2) is 25.4 Å². The molecule has 29 heavy (non-hydrogen) atoms. The molecule has 0 aliphatic rings. The minimum absolute atomic E-state index is 0.0416. The van der Waals surface area contributed by atoms with Crippen molar-refractivity contribution in [2.45, 2.75) is 0 Å². The van der Waals surface area contributed by atoms with Crippen molar-refractivity contribution in [2.75, 3.05) is 5.32 Å². The lowest BCUT2D eigenvalue weighted by Gasteiger charge is -2.09. The van der Waals surface area contributed by atoms with Crippen LogP contribution in [0.2, 0.25) is 5.02 Å². The molecule has 0 fully saturated rings. The van der Waals surface area contributed by atoms with E-state index < -0.39 is 11.7 Å². The van der Waals surface area contributed by atoms with Gasteiger partial charge >= 0.3 is 0 Å². The molecule has 1 amide bonds. The summed E-state index contributed by atoms with van der Waals surface area (Å²) < 4.78 is 20.6. The third-order valence-corrected chi connectivity index (χ3v) is 4.22. The number of aromatic nitrogens is 4. The molecule has 4 aromatic rings. The standard InChI is InChI=1S/C20H13ClFN5O2/c21-17-9-13(22)1-6-16(17)20(28)26-14-2-4-15(5-3-14)29-19-10-18(24-11-25-19)27-8-7-23-12-27/h1-12H,(H,26,28). The molecule has 9 heteroatoms. The minimum atomic E-state index is -0.506. The Morgan fingerprint density at radius 2 is 1.93 bits per heavy atom. The molecule has 1 N–H and O–H groups in total. The molecule has 0 aliphatic heterocycles. The maximum atomic E-state index is 13.1. The van der Waals surface area contributed by atoms with E-state index in [0.717, 1.165) is 6.07 Å². The van der Waals surface area contributed by atoms with Crippen molar-refractivity contribution in [1.29, 1.82) is 0 Å². The quantitative estimate of drug-likeness (QED) is 0.524. The summed E-state index contributed by atoms with van der Waals surface area (Å²) in [4.78, 5) is 24.5. The summed E-state index contributed by atoms with van der Waals surface area (Å²) in [5.41, 5.74) is 0.714. The van der Waals surface area contributed by atoms with Crippen LogP contribution in [0.15, 0.2) is 73.6 Å². The molecule has 0 saturated carbocycles. The monoisotopic (exact) mass is 409 g/mol. The number of hydrogen-bond donors (Lipinski definition) is 1. The largest absolute Gasteiger partial charge is 0.439 e. The van der Waals surface area contributed by atoms with Gasteiger partial charge in [-0.2, -0.15) is 0 Å². The Bertz CT molecular complexity index is 1150. The highest BCUT2D eigenvalue weighted by atomic mass is 35.5. The average molecular weight is 410 g/mol. The Labute approximate surface area is 169 Å². The Kier molecular flexibility index (Phi) is 5.17. The molecule has 0 atom stereocenters. The summed E-state index contributed by atoms with van der Waals surface area (Å²) in [6, 6.07) is 12.0. The van der Waals surface area contributed by atoms with Crippen LogP contribution in [0.25, 0.3) is 5.82 Å². The topological polar surface area (TPSA) is 81.9 Å². The normalized spacial score (nSPS) is 10.6. The number of amides is 1. The highest BCUT2D eigenvalue weighted by molar-refractivity contribution is 6.34. The zero-order chi connectivity index (χ0) is 20.2. The number of nitrogens with one attached hydrogen (secondary N) is 1. The van der Waals surface area contributed by atoms with E-state index in [1.165, 1.54) is 18.5 Å². The molecular formula is C20H13ClFN5O2. The minimum Gasteiger partial charge on any atom is -0.439 e. The molecule has 0 radical (unpaired) electrons. The number of hydrogen-bond acceptors (Lipinski definition) is 5. The number of carbonyl (C=O) groups is 1.